The summed E-state index contributed by atoms with van der Waals surface area (Å²) in [5.41, 5.74) is 0.890. The predicted molar refractivity (Wildman–Crippen MR) is 97.3 cm³/mol. The Morgan fingerprint density at radius 2 is 2.16 bits per heavy atom. The molecule has 0 aliphatic carbocycles. The van der Waals surface area contributed by atoms with Crippen molar-refractivity contribution in [3.63, 3.8) is 0 Å². The zero-order chi connectivity index (χ0) is 18.7. The fourth-order valence-corrected chi connectivity index (χ4v) is 3.30. The van der Waals surface area contributed by atoms with Crippen LogP contribution in [0.5, 0.6) is 5.75 Å². The third-order valence-corrected chi connectivity index (χ3v) is 4.20. The fourth-order valence-electron chi connectivity index (χ4n) is 2.38. The van der Waals surface area contributed by atoms with Crippen molar-refractivity contribution >= 4 is 44.8 Å². The molecule has 1 aromatic heterocycles. The van der Waals surface area contributed by atoms with E-state index >= 15 is 0 Å². The maximum absolute atomic E-state index is 12.3. The Kier molecular flexibility index (Phi) is 6.02. The number of ether oxygens (including phenoxy) is 1. The number of amides is 1. The van der Waals surface area contributed by atoms with Crippen molar-refractivity contribution < 1.29 is 14.5 Å². The number of anilines is 1. The van der Waals surface area contributed by atoms with Gasteiger partial charge in [-0.3, -0.25) is 19.6 Å². The molecular formula is C15H16BrClN4O4. The molecule has 0 fully saturated rings. The number of rotatable bonds is 6. The Morgan fingerprint density at radius 1 is 1.48 bits per heavy atom. The van der Waals surface area contributed by atoms with Gasteiger partial charge in [-0.1, -0.05) is 11.6 Å². The first-order valence-corrected chi connectivity index (χ1v) is 8.51. The van der Waals surface area contributed by atoms with E-state index in [4.69, 9.17) is 16.3 Å². The summed E-state index contributed by atoms with van der Waals surface area (Å²) in [6, 6.07) is 3.23. The second-order valence-corrected chi connectivity index (χ2v) is 6.47. The molecular weight excluding hydrogens is 416 g/mol. The highest BCUT2D eigenvalue weighted by atomic mass is 79.9. The van der Waals surface area contributed by atoms with Gasteiger partial charge in [-0.15, -0.1) is 0 Å². The van der Waals surface area contributed by atoms with Crippen LogP contribution in [0, 0.1) is 24.0 Å². The van der Waals surface area contributed by atoms with Crippen molar-refractivity contribution in [2.75, 3.05) is 11.9 Å². The van der Waals surface area contributed by atoms with E-state index in [0.29, 0.717) is 33.2 Å². The van der Waals surface area contributed by atoms with Gasteiger partial charge in [0.1, 0.15) is 17.9 Å². The molecule has 0 bridgehead atoms. The summed E-state index contributed by atoms with van der Waals surface area (Å²) in [7, 11) is 0. The molecule has 25 heavy (non-hydrogen) atoms. The molecule has 2 aromatic rings. The van der Waals surface area contributed by atoms with Crippen LogP contribution in [-0.4, -0.2) is 27.2 Å². The first-order valence-electron chi connectivity index (χ1n) is 7.34. The summed E-state index contributed by atoms with van der Waals surface area (Å²) in [5.74, 6) is 0.0511. The maximum Gasteiger partial charge on any atom is 0.312 e. The summed E-state index contributed by atoms with van der Waals surface area (Å²) in [5, 5.41) is 18.2. The number of nitrogens with one attached hydrogen (secondary N) is 1. The minimum atomic E-state index is -0.507. The Bertz CT molecular complexity index is 837. The van der Waals surface area contributed by atoms with Gasteiger partial charge in [0.05, 0.1) is 21.7 Å². The lowest BCUT2D eigenvalue weighted by atomic mass is 10.3. The smallest absolute Gasteiger partial charge is 0.312 e. The number of carbonyl (C=O) groups excluding carboxylic acids is 1. The predicted octanol–water partition coefficient (Wildman–Crippen LogP) is 3.86. The van der Waals surface area contributed by atoms with Gasteiger partial charge in [-0.05, 0) is 48.8 Å². The van der Waals surface area contributed by atoms with E-state index in [1.807, 2.05) is 6.92 Å². The molecule has 1 N–H and O–H groups in total. The molecule has 1 amide bonds. The molecule has 134 valence electrons. The van der Waals surface area contributed by atoms with E-state index in [-0.39, 0.29) is 17.9 Å². The van der Waals surface area contributed by atoms with Crippen LogP contribution in [0.3, 0.4) is 0 Å². The lowest BCUT2D eigenvalue weighted by Gasteiger charge is -2.14. The minimum absolute atomic E-state index is 0.0895. The van der Waals surface area contributed by atoms with Crippen molar-refractivity contribution in [1.82, 2.24) is 9.78 Å². The van der Waals surface area contributed by atoms with Crippen molar-refractivity contribution in [2.45, 2.75) is 27.3 Å². The molecule has 2 rings (SSSR count). The third-order valence-electron chi connectivity index (χ3n) is 3.39. The Morgan fingerprint density at radius 3 is 2.72 bits per heavy atom. The van der Waals surface area contributed by atoms with Crippen LogP contribution in [0.15, 0.2) is 16.6 Å². The van der Waals surface area contributed by atoms with Gasteiger partial charge in [0.15, 0.2) is 5.75 Å². The Hall–Kier alpha value is -2.13. The quantitative estimate of drug-likeness (QED) is 0.553. The number of carbonyl (C=O) groups is 1. The summed E-state index contributed by atoms with van der Waals surface area (Å²) < 4.78 is 7.42. The molecule has 0 aliphatic rings. The van der Waals surface area contributed by atoms with Gasteiger partial charge in [0, 0.05) is 5.02 Å². The van der Waals surface area contributed by atoms with Crippen molar-refractivity contribution in [3.8, 4) is 5.75 Å². The minimum Gasteiger partial charge on any atom is -0.491 e. The topological polar surface area (TPSA) is 99.3 Å². The SMILES string of the molecule is CCOc1c(Br)cc(Cl)cc1NC(=O)Cn1nc(C)c([N+](=O)[O-])c1C. The normalized spacial score (nSPS) is 10.6. The van der Waals surface area contributed by atoms with Gasteiger partial charge >= 0.3 is 5.69 Å². The average molecular weight is 432 g/mol. The molecule has 0 saturated carbocycles. The van der Waals surface area contributed by atoms with Gasteiger partial charge < -0.3 is 10.1 Å². The number of aryl methyl sites for hydroxylation is 1. The van der Waals surface area contributed by atoms with Crippen molar-refractivity contribution in [3.05, 3.63) is 43.1 Å². The molecule has 0 aliphatic heterocycles. The zero-order valence-electron chi connectivity index (χ0n) is 13.8. The lowest BCUT2D eigenvalue weighted by Crippen LogP contribution is -2.21. The fraction of sp³-hybridized carbons (Fsp3) is 0.333. The summed E-state index contributed by atoms with van der Waals surface area (Å²) in [4.78, 5) is 22.9. The number of nitro groups is 1. The Balaban J connectivity index is 2.24. The monoisotopic (exact) mass is 430 g/mol. The van der Waals surface area contributed by atoms with Crippen LogP contribution >= 0.6 is 27.5 Å². The second-order valence-electron chi connectivity index (χ2n) is 5.18. The van der Waals surface area contributed by atoms with E-state index in [9.17, 15) is 14.9 Å². The summed E-state index contributed by atoms with van der Waals surface area (Å²) in [6.07, 6.45) is 0. The molecule has 1 heterocycles. The van der Waals surface area contributed by atoms with Crippen LogP contribution in [0.1, 0.15) is 18.3 Å². The van der Waals surface area contributed by atoms with Crippen molar-refractivity contribution in [1.29, 1.82) is 0 Å². The highest BCUT2D eigenvalue weighted by molar-refractivity contribution is 9.10. The number of nitrogens with zero attached hydrogens (tertiary/aromatic N) is 3. The van der Waals surface area contributed by atoms with E-state index in [1.54, 1.807) is 19.1 Å². The van der Waals surface area contributed by atoms with E-state index in [0.717, 1.165) is 0 Å². The number of benzene rings is 1. The molecule has 10 heteroatoms. The Labute approximate surface area is 157 Å². The highest BCUT2D eigenvalue weighted by Crippen LogP contribution is 2.36. The first kappa shape index (κ1) is 19.2. The van der Waals surface area contributed by atoms with E-state index in [1.165, 1.54) is 11.6 Å². The van der Waals surface area contributed by atoms with Crippen LogP contribution in [0.25, 0.3) is 0 Å². The average Bonchev–Trinajstić information content (AvgIpc) is 2.76. The maximum atomic E-state index is 12.3. The lowest BCUT2D eigenvalue weighted by molar-refractivity contribution is -0.386. The van der Waals surface area contributed by atoms with Gasteiger partial charge in [0.25, 0.3) is 0 Å². The summed E-state index contributed by atoms with van der Waals surface area (Å²) >= 11 is 9.36. The van der Waals surface area contributed by atoms with Gasteiger partial charge in [0.2, 0.25) is 5.91 Å². The standard InChI is InChI=1S/C15H16BrClN4O4/c1-4-25-15-11(16)5-10(17)6-12(15)18-13(22)7-20-9(3)14(21(23)24)8(2)19-20/h5-6H,4,7H2,1-3H3,(H,18,22). The first-order chi connectivity index (χ1) is 11.7. The third kappa shape index (κ3) is 4.29. The highest BCUT2D eigenvalue weighted by Gasteiger charge is 2.23. The van der Waals surface area contributed by atoms with Gasteiger partial charge in [-0.2, -0.15) is 5.10 Å². The molecule has 0 saturated heterocycles. The molecule has 0 unspecified atom stereocenters. The van der Waals surface area contributed by atoms with Crippen LogP contribution in [-0.2, 0) is 11.3 Å². The summed E-state index contributed by atoms with van der Waals surface area (Å²) in [6.45, 7) is 5.14. The van der Waals surface area contributed by atoms with Crippen molar-refractivity contribution in [2.24, 2.45) is 0 Å². The zero-order valence-corrected chi connectivity index (χ0v) is 16.1. The molecule has 1 aromatic carbocycles. The van der Waals surface area contributed by atoms with Crippen LogP contribution in [0.2, 0.25) is 5.02 Å². The molecule has 0 atom stereocenters. The number of halogens is 2. The van der Waals surface area contributed by atoms with Crippen LogP contribution < -0.4 is 10.1 Å². The molecule has 0 spiro atoms. The van der Waals surface area contributed by atoms with E-state index in [2.05, 4.69) is 26.3 Å². The number of aromatic nitrogens is 2. The van der Waals surface area contributed by atoms with Crippen LogP contribution in [0.4, 0.5) is 11.4 Å². The van der Waals surface area contributed by atoms with Gasteiger partial charge in [-0.25, -0.2) is 0 Å². The van der Waals surface area contributed by atoms with E-state index < -0.39 is 10.8 Å². The largest absolute Gasteiger partial charge is 0.491 e. The second kappa shape index (κ2) is 7.83. The number of hydrogen-bond acceptors (Lipinski definition) is 5. The number of hydrogen-bond donors (Lipinski definition) is 1. The molecule has 8 nitrogen and oxygen atoms in total. The molecule has 0 radical (unpaired) electrons.